The van der Waals surface area contributed by atoms with Gasteiger partial charge in [0.05, 0.1) is 17.5 Å². The van der Waals surface area contributed by atoms with Crippen LogP contribution in [0.2, 0.25) is 5.02 Å². The molecular weight excluding hydrogens is 334 g/mol. The van der Waals surface area contributed by atoms with Gasteiger partial charge in [-0.15, -0.1) is 11.3 Å². The predicted octanol–water partition coefficient (Wildman–Crippen LogP) is 2.96. The lowest BCUT2D eigenvalue weighted by Crippen LogP contribution is -2.47. The Morgan fingerprint density at radius 1 is 1.39 bits per heavy atom. The summed E-state index contributed by atoms with van der Waals surface area (Å²) in [4.78, 5) is 26.2. The van der Waals surface area contributed by atoms with Crippen molar-refractivity contribution in [1.82, 2.24) is 10.2 Å². The number of nitrogens with two attached hydrogens (primary N) is 1. The van der Waals surface area contributed by atoms with Gasteiger partial charge in [-0.1, -0.05) is 29.8 Å². The minimum Gasteiger partial charge on any atom is -0.369 e. The largest absolute Gasteiger partial charge is 0.369 e. The monoisotopic (exact) mass is 351 g/mol. The molecule has 1 aliphatic rings. The highest BCUT2D eigenvalue weighted by Gasteiger charge is 2.27. The molecule has 0 bridgehead atoms. The number of urea groups is 1. The van der Waals surface area contributed by atoms with Crippen LogP contribution in [0.5, 0.6) is 0 Å². The first-order valence-corrected chi connectivity index (χ1v) is 8.73. The highest BCUT2D eigenvalue weighted by molar-refractivity contribution is 7.19. The molecule has 5 nitrogen and oxygen atoms in total. The number of hydrogen-bond donors (Lipinski definition) is 2. The fraction of sp³-hybridized carbons (Fsp3) is 0.375. The predicted molar refractivity (Wildman–Crippen MR) is 92.6 cm³/mol. The van der Waals surface area contributed by atoms with Crippen LogP contribution in [0.3, 0.4) is 0 Å². The zero-order valence-electron chi connectivity index (χ0n) is 12.5. The summed E-state index contributed by atoms with van der Waals surface area (Å²) >= 11 is 7.95. The Balaban J connectivity index is 1.64. The number of halogens is 1. The number of piperidine rings is 1. The Hall–Kier alpha value is -1.79. The van der Waals surface area contributed by atoms with Gasteiger partial charge in [0.2, 0.25) is 5.91 Å². The second-order valence-electron chi connectivity index (χ2n) is 5.68. The molecule has 1 aliphatic heterocycles. The molecule has 0 unspecified atom stereocenters. The number of carbonyl (C=O) groups excluding carboxylic acids is 2. The number of rotatable bonds is 3. The van der Waals surface area contributed by atoms with Crippen molar-refractivity contribution in [2.75, 3.05) is 13.1 Å². The van der Waals surface area contributed by atoms with Crippen LogP contribution < -0.4 is 11.1 Å². The summed E-state index contributed by atoms with van der Waals surface area (Å²) in [6.45, 7) is 1.42. The van der Waals surface area contributed by atoms with E-state index in [9.17, 15) is 9.59 Å². The standard InChI is InChI=1S/C16H18ClN3O2S/c17-14-11-5-1-2-6-12(11)23-13(14)8-19-16(22)20-7-3-4-10(9-20)15(18)21/h1-2,5-6,10H,3-4,7-9H2,(H2,18,21)(H,19,22)/t10-/m1/s1. The van der Waals surface area contributed by atoms with Crippen molar-refractivity contribution in [2.24, 2.45) is 11.7 Å². The number of benzene rings is 1. The van der Waals surface area contributed by atoms with Gasteiger partial charge in [-0.05, 0) is 18.9 Å². The van der Waals surface area contributed by atoms with Gasteiger partial charge in [0.25, 0.3) is 0 Å². The molecule has 3 rings (SSSR count). The van der Waals surface area contributed by atoms with Gasteiger partial charge in [0, 0.05) is 28.1 Å². The normalized spacial score (nSPS) is 18.1. The topological polar surface area (TPSA) is 75.4 Å². The molecule has 0 aliphatic carbocycles. The molecule has 0 spiro atoms. The van der Waals surface area contributed by atoms with Crippen molar-refractivity contribution < 1.29 is 9.59 Å². The number of thiophene rings is 1. The maximum absolute atomic E-state index is 12.3. The molecule has 3 N–H and O–H groups in total. The number of amides is 3. The van der Waals surface area contributed by atoms with Crippen LogP contribution in [0.4, 0.5) is 4.79 Å². The van der Waals surface area contributed by atoms with E-state index < -0.39 is 0 Å². The quantitative estimate of drug-likeness (QED) is 0.892. The molecule has 2 heterocycles. The van der Waals surface area contributed by atoms with Crippen LogP contribution in [0, 0.1) is 5.92 Å². The fourth-order valence-corrected chi connectivity index (χ4v) is 4.28. The number of nitrogens with one attached hydrogen (secondary N) is 1. The smallest absolute Gasteiger partial charge is 0.317 e. The Bertz CT molecular complexity index is 746. The van der Waals surface area contributed by atoms with Gasteiger partial charge < -0.3 is 16.0 Å². The SMILES string of the molecule is NC(=O)[C@@H]1CCCN(C(=O)NCc2sc3ccccc3c2Cl)C1. The van der Waals surface area contributed by atoms with Crippen molar-refractivity contribution in [3.8, 4) is 0 Å². The van der Waals surface area contributed by atoms with Crippen LogP contribution in [-0.2, 0) is 11.3 Å². The first-order chi connectivity index (χ1) is 11.1. The van der Waals surface area contributed by atoms with E-state index in [4.69, 9.17) is 17.3 Å². The lowest BCUT2D eigenvalue weighted by molar-refractivity contribution is -0.123. The number of hydrogen-bond acceptors (Lipinski definition) is 3. The first kappa shape index (κ1) is 16.1. The molecule has 0 radical (unpaired) electrons. The molecule has 23 heavy (non-hydrogen) atoms. The van der Waals surface area contributed by atoms with E-state index in [1.165, 1.54) is 0 Å². The van der Waals surface area contributed by atoms with Gasteiger partial charge in [0.15, 0.2) is 0 Å². The summed E-state index contributed by atoms with van der Waals surface area (Å²) in [6.07, 6.45) is 1.55. The van der Waals surface area contributed by atoms with Gasteiger partial charge in [-0.25, -0.2) is 4.79 Å². The second kappa shape index (κ2) is 6.76. The Morgan fingerprint density at radius 2 is 2.17 bits per heavy atom. The molecule has 1 fully saturated rings. The number of carbonyl (C=O) groups is 2. The minimum atomic E-state index is -0.338. The third-order valence-electron chi connectivity index (χ3n) is 4.11. The Morgan fingerprint density at radius 3 is 2.91 bits per heavy atom. The van der Waals surface area contributed by atoms with E-state index in [1.807, 2.05) is 24.3 Å². The molecule has 2 aromatic rings. The summed E-state index contributed by atoms with van der Waals surface area (Å²) in [6, 6.07) is 7.72. The van der Waals surface area contributed by atoms with Crippen LogP contribution in [0.15, 0.2) is 24.3 Å². The molecule has 122 valence electrons. The van der Waals surface area contributed by atoms with Crippen LogP contribution in [-0.4, -0.2) is 29.9 Å². The Labute approximate surface area is 143 Å². The molecule has 3 amide bonds. The molecular formula is C16H18ClN3O2S. The summed E-state index contributed by atoms with van der Waals surface area (Å²) in [7, 11) is 0. The summed E-state index contributed by atoms with van der Waals surface area (Å²) < 4.78 is 1.11. The average Bonchev–Trinajstić information content (AvgIpc) is 2.89. The number of primary amides is 1. The minimum absolute atomic E-state index is 0.176. The number of fused-ring (bicyclic) bond motifs is 1. The van der Waals surface area contributed by atoms with Crippen molar-refractivity contribution >= 4 is 45.0 Å². The Kier molecular flexibility index (Phi) is 4.73. The molecule has 1 saturated heterocycles. The molecule has 7 heteroatoms. The van der Waals surface area contributed by atoms with Crippen molar-refractivity contribution in [3.05, 3.63) is 34.2 Å². The molecule has 0 saturated carbocycles. The first-order valence-electron chi connectivity index (χ1n) is 7.54. The van der Waals surface area contributed by atoms with Crippen LogP contribution in [0.25, 0.3) is 10.1 Å². The summed E-state index contributed by atoms with van der Waals surface area (Å²) in [5.41, 5.74) is 5.34. The van der Waals surface area contributed by atoms with Crippen molar-refractivity contribution in [3.63, 3.8) is 0 Å². The number of likely N-dealkylation sites (tertiary alicyclic amines) is 1. The summed E-state index contributed by atoms with van der Waals surface area (Å²) in [5, 5.41) is 4.59. The van der Waals surface area contributed by atoms with Crippen LogP contribution >= 0.6 is 22.9 Å². The van der Waals surface area contributed by atoms with E-state index >= 15 is 0 Å². The zero-order chi connectivity index (χ0) is 16.4. The summed E-state index contributed by atoms with van der Waals surface area (Å²) in [5.74, 6) is -0.586. The third kappa shape index (κ3) is 3.43. The van der Waals surface area contributed by atoms with Gasteiger partial charge in [-0.3, -0.25) is 4.79 Å². The zero-order valence-corrected chi connectivity index (χ0v) is 14.1. The van der Waals surface area contributed by atoms with Crippen LogP contribution in [0.1, 0.15) is 17.7 Å². The van der Waals surface area contributed by atoms with E-state index in [0.29, 0.717) is 24.7 Å². The second-order valence-corrected chi connectivity index (χ2v) is 7.20. The maximum atomic E-state index is 12.3. The maximum Gasteiger partial charge on any atom is 0.317 e. The average molecular weight is 352 g/mol. The lowest BCUT2D eigenvalue weighted by atomic mass is 9.98. The van der Waals surface area contributed by atoms with Crippen molar-refractivity contribution in [1.29, 1.82) is 0 Å². The molecule has 1 aromatic heterocycles. The van der Waals surface area contributed by atoms with Gasteiger partial charge in [0.1, 0.15) is 0 Å². The third-order valence-corrected chi connectivity index (χ3v) is 5.83. The van der Waals surface area contributed by atoms with Crippen molar-refractivity contribution in [2.45, 2.75) is 19.4 Å². The van der Waals surface area contributed by atoms with E-state index in [1.54, 1.807) is 16.2 Å². The highest BCUT2D eigenvalue weighted by atomic mass is 35.5. The van der Waals surface area contributed by atoms with E-state index in [2.05, 4.69) is 5.32 Å². The van der Waals surface area contributed by atoms with Gasteiger partial charge >= 0.3 is 6.03 Å². The van der Waals surface area contributed by atoms with E-state index in [0.717, 1.165) is 27.8 Å². The molecule has 1 atom stereocenters. The fourth-order valence-electron chi connectivity index (χ4n) is 2.84. The molecule has 1 aromatic carbocycles. The lowest BCUT2D eigenvalue weighted by Gasteiger charge is -2.31. The van der Waals surface area contributed by atoms with E-state index in [-0.39, 0.29) is 17.9 Å². The highest BCUT2D eigenvalue weighted by Crippen LogP contribution is 2.35. The van der Waals surface area contributed by atoms with Gasteiger partial charge in [-0.2, -0.15) is 0 Å². The number of nitrogens with zero attached hydrogens (tertiary/aromatic N) is 1.